The Balaban J connectivity index is 1.82. The molecule has 0 saturated carbocycles. The average Bonchev–Trinajstić information content (AvgIpc) is 2.76. The standard InChI is InChI=1S/C12H25N3O/c1-14-4-5-15(2)11(8-14)7-12(13)10-3-6-16-9-10/h10-12H,3-9,13H2,1-2H3. The molecule has 2 aliphatic rings. The first kappa shape index (κ1) is 12.3. The maximum atomic E-state index is 6.29. The van der Waals surface area contributed by atoms with Crippen LogP contribution in [0, 0.1) is 5.92 Å². The van der Waals surface area contributed by atoms with Crippen LogP contribution in [0.5, 0.6) is 0 Å². The molecular formula is C12H25N3O. The van der Waals surface area contributed by atoms with Crippen molar-refractivity contribution in [1.29, 1.82) is 0 Å². The van der Waals surface area contributed by atoms with Crippen molar-refractivity contribution in [3.63, 3.8) is 0 Å². The van der Waals surface area contributed by atoms with Crippen molar-refractivity contribution in [3.8, 4) is 0 Å². The zero-order valence-electron chi connectivity index (χ0n) is 10.6. The van der Waals surface area contributed by atoms with Gasteiger partial charge in [-0.15, -0.1) is 0 Å². The van der Waals surface area contributed by atoms with Crippen molar-refractivity contribution >= 4 is 0 Å². The maximum Gasteiger partial charge on any atom is 0.0509 e. The first-order valence-electron chi connectivity index (χ1n) is 6.39. The number of hydrogen-bond donors (Lipinski definition) is 1. The molecule has 0 aliphatic carbocycles. The van der Waals surface area contributed by atoms with Crippen molar-refractivity contribution < 1.29 is 4.74 Å². The summed E-state index contributed by atoms with van der Waals surface area (Å²) in [5, 5.41) is 0. The van der Waals surface area contributed by atoms with Crippen molar-refractivity contribution in [2.24, 2.45) is 11.7 Å². The molecular weight excluding hydrogens is 202 g/mol. The number of piperazine rings is 1. The van der Waals surface area contributed by atoms with Crippen LogP contribution < -0.4 is 5.73 Å². The van der Waals surface area contributed by atoms with Crippen LogP contribution in [0.2, 0.25) is 0 Å². The highest BCUT2D eigenvalue weighted by Crippen LogP contribution is 2.21. The Morgan fingerprint density at radius 2 is 2.19 bits per heavy atom. The molecule has 4 heteroatoms. The quantitative estimate of drug-likeness (QED) is 0.736. The summed E-state index contributed by atoms with van der Waals surface area (Å²) in [6.45, 7) is 5.26. The van der Waals surface area contributed by atoms with Crippen molar-refractivity contribution in [2.75, 3.05) is 46.9 Å². The Morgan fingerprint density at radius 3 is 2.88 bits per heavy atom. The molecule has 2 fully saturated rings. The van der Waals surface area contributed by atoms with Crippen LogP contribution in [0.15, 0.2) is 0 Å². The summed E-state index contributed by atoms with van der Waals surface area (Å²) in [4.78, 5) is 4.86. The molecule has 16 heavy (non-hydrogen) atoms. The van der Waals surface area contributed by atoms with Gasteiger partial charge in [0.05, 0.1) is 6.61 Å². The highest BCUT2D eigenvalue weighted by atomic mass is 16.5. The molecule has 0 aromatic heterocycles. The Morgan fingerprint density at radius 1 is 1.38 bits per heavy atom. The third-order valence-electron chi connectivity index (χ3n) is 4.09. The van der Waals surface area contributed by atoms with E-state index in [0.717, 1.165) is 39.1 Å². The van der Waals surface area contributed by atoms with Gasteiger partial charge in [0, 0.05) is 38.3 Å². The van der Waals surface area contributed by atoms with Crippen LogP contribution in [-0.4, -0.2) is 68.8 Å². The topological polar surface area (TPSA) is 41.7 Å². The molecule has 3 unspecified atom stereocenters. The first-order chi connectivity index (χ1) is 7.66. The Bertz CT molecular complexity index is 218. The van der Waals surface area contributed by atoms with E-state index < -0.39 is 0 Å². The summed E-state index contributed by atoms with van der Waals surface area (Å²) in [5.41, 5.74) is 6.29. The number of likely N-dealkylation sites (N-methyl/N-ethyl adjacent to an activating group) is 2. The van der Waals surface area contributed by atoms with Crippen molar-refractivity contribution in [1.82, 2.24) is 9.80 Å². The lowest BCUT2D eigenvalue weighted by atomic mass is 9.92. The second kappa shape index (κ2) is 5.45. The first-order valence-corrected chi connectivity index (χ1v) is 6.39. The zero-order chi connectivity index (χ0) is 11.5. The Kier molecular flexibility index (Phi) is 4.19. The van der Waals surface area contributed by atoms with E-state index in [4.69, 9.17) is 10.5 Å². The number of hydrogen-bond acceptors (Lipinski definition) is 4. The lowest BCUT2D eigenvalue weighted by Gasteiger charge is -2.39. The second-order valence-corrected chi connectivity index (χ2v) is 5.42. The van der Waals surface area contributed by atoms with Crippen LogP contribution in [0.4, 0.5) is 0 Å². The minimum Gasteiger partial charge on any atom is -0.381 e. The predicted octanol–water partition coefficient (Wildman–Crippen LogP) is -0.0139. The van der Waals surface area contributed by atoms with Crippen LogP contribution in [-0.2, 0) is 4.74 Å². The van der Waals surface area contributed by atoms with E-state index in [1.54, 1.807) is 0 Å². The van der Waals surface area contributed by atoms with E-state index in [2.05, 4.69) is 23.9 Å². The summed E-state index contributed by atoms with van der Waals surface area (Å²) in [6, 6.07) is 0.927. The average molecular weight is 227 g/mol. The fourth-order valence-corrected chi connectivity index (χ4v) is 2.75. The van der Waals surface area contributed by atoms with Crippen LogP contribution in [0.3, 0.4) is 0 Å². The molecule has 94 valence electrons. The molecule has 0 aromatic rings. The summed E-state index contributed by atoms with van der Waals surface area (Å²) in [7, 11) is 4.42. The number of ether oxygens (including phenoxy) is 1. The highest BCUT2D eigenvalue weighted by molar-refractivity contribution is 4.85. The van der Waals surface area contributed by atoms with Crippen LogP contribution in [0.25, 0.3) is 0 Å². The minimum atomic E-state index is 0.307. The minimum absolute atomic E-state index is 0.307. The highest BCUT2D eigenvalue weighted by Gasteiger charge is 2.29. The monoisotopic (exact) mass is 227 g/mol. The van der Waals surface area contributed by atoms with Gasteiger partial charge in [0.2, 0.25) is 0 Å². The molecule has 0 amide bonds. The molecule has 2 N–H and O–H groups in total. The smallest absolute Gasteiger partial charge is 0.0509 e. The summed E-state index contributed by atoms with van der Waals surface area (Å²) < 4.78 is 5.41. The fourth-order valence-electron chi connectivity index (χ4n) is 2.75. The number of nitrogens with two attached hydrogens (primary N) is 1. The van der Waals surface area contributed by atoms with Gasteiger partial charge in [0.25, 0.3) is 0 Å². The third-order valence-corrected chi connectivity index (χ3v) is 4.09. The van der Waals surface area contributed by atoms with Gasteiger partial charge in [-0.1, -0.05) is 0 Å². The molecule has 0 aromatic carbocycles. The third kappa shape index (κ3) is 2.94. The van der Waals surface area contributed by atoms with Gasteiger partial charge in [0.1, 0.15) is 0 Å². The summed E-state index contributed by atoms with van der Waals surface area (Å²) in [6.07, 6.45) is 2.25. The summed E-state index contributed by atoms with van der Waals surface area (Å²) >= 11 is 0. The zero-order valence-corrected chi connectivity index (χ0v) is 10.6. The van der Waals surface area contributed by atoms with Crippen LogP contribution >= 0.6 is 0 Å². The van der Waals surface area contributed by atoms with Crippen molar-refractivity contribution in [2.45, 2.75) is 24.9 Å². The molecule has 0 bridgehead atoms. The van der Waals surface area contributed by atoms with Gasteiger partial charge in [-0.05, 0) is 32.9 Å². The lowest BCUT2D eigenvalue weighted by Crippen LogP contribution is -2.52. The molecule has 2 rings (SSSR count). The molecule has 0 spiro atoms. The van der Waals surface area contributed by atoms with Gasteiger partial charge in [0.15, 0.2) is 0 Å². The van der Waals surface area contributed by atoms with E-state index in [1.807, 2.05) is 0 Å². The second-order valence-electron chi connectivity index (χ2n) is 5.42. The Labute approximate surface area is 98.7 Å². The normalized spacial score (nSPS) is 35.4. The van der Waals surface area contributed by atoms with Gasteiger partial charge in [-0.25, -0.2) is 0 Å². The van der Waals surface area contributed by atoms with E-state index in [0.29, 0.717) is 18.0 Å². The number of nitrogens with zero attached hydrogens (tertiary/aromatic N) is 2. The van der Waals surface area contributed by atoms with Gasteiger partial charge in [-0.2, -0.15) is 0 Å². The molecule has 2 heterocycles. The molecule has 4 nitrogen and oxygen atoms in total. The van der Waals surface area contributed by atoms with Gasteiger partial charge in [-0.3, -0.25) is 0 Å². The maximum absolute atomic E-state index is 6.29. The SMILES string of the molecule is CN1CCN(C)C(CC(N)C2CCOC2)C1. The van der Waals surface area contributed by atoms with E-state index in [9.17, 15) is 0 Å². The van der Waals surface area contributed by atoms with Gasteiger partial charge >= 0.3 is 0 Å². The van der Waals surface area contributed by atoms with E-state index in [1.165, 1.54) is 6.54 Å². The molecule has 0 radical (unpaired) electrons. The summed E-state index contributed by atoms with van der Waals surface area (Å²) in [5.74, 6) is 0.584. The fraction of sp³-hybridized carbons (Fsp3) is 1.00. The van der Waals surface area contributed by atoms with Crippen molar-refractivity contribution in [3.05, 3.63) is 0 Å². The lowest BCUT2D eigenvalue weighted by molar-refractivity contribution is 0.0969. The number of rotatable bonds is 3. The Hall–Kier alpha value is -0.160. The molecule has 2 saturated heterocycles. The van der Waals surface area contributed by atoms with Gasteiger partial charge < -0.3 is 20.3 Å². The van der Waals surface area contributed by atoms with Crippen LogP contribution in [0.1, 0.15) is 12.8 Å². The predicted molar refractivity (Wildman–Crippen MR) is 65.4 cm³/mol. The largest absolute Gasteiger partial charge is 0.381 e. The van der Waals surface area contributed by atoms with E-state index >= 15 is 0 Å². The molecule has 3 atom stereocenters. The van der Waals surface area contributed by atoms with E-state index in [-0.39, 0.29) is 0 Å². The molecule has 2 aliphatic heterocycles.